The lowest BCUT2D eigenvalue weighted by Gasteiger charge is -2.21. The number of nitrogens with zero attached hydrogens (tertiary/aromatic N) is 1. The van der Waals surface area contributed by atoms with Gasteiger partial charge in [-0.05, 0) is 0 Å². The summed E-state index contributed by atoms with van der Waals surface area (Å²) in [5.41, 5.74) is -0.667. The van der Waals surface area contributed by atoms with Crippen molar-refractivity contribution in [3.63, 3.8) is 0 Å². The van der Waals surface area contributed by atoms with E-state index in [9.17, 15) is 9.59 Å². The number of aliphatic carboxylic acids is 1. The second-order valence-electron chi connectivity index (χ2n) is 4.43. The summed E-state index contributed by atoms with van der Waals surface area (Å²) in [7, 11) is 1.68. The van der Waals surface area contributed by atoms with E-state index in [1.165, 1.54) is 0 Å². The average Bonchev–Trinajstić information content (AvgIpc) is 2.75. The lowest BCUT2D eigenvalue weighted by atomic mass is 9.77. The Kier molecular flexibility index (Phi) is 1.43. The maximum absolute atomic E-state index is 11.8. The summed E-state index contributed by atoms with van der Waals surface area (Å²) in [6.07, 6.45) is 3.19. The van der Waals surface area contributed by atoms with Gasteiger partial charge in [0.1, 0.15) is 11.5 Å². The molecule has 2 fully saturated rings. The molecule has 3 rings (SSSR count). The van der Waals surface area contributed by atoms with E-state index in [1.54, 1.807) is 18.0 Å². The fourth-order valence-electron chi connectivity index (χ4n) is 2.97. The van der Waals surface area contributed by atoms with Crippen molar-refractivity contribution in [3.05, 3.63) is 12.2 Å². The Bertz CT molecular complexity index is 391. The van der Waals surface area contributed by atoms with E-state index in [1.807, 2.05) is 6.08 Å². The number of amides is 1. The third-order valence-electron chi connectivity index (χ3n) is 3.57. The quantitative estimate of drug-likeness (QED) is 0.590. The summed E-state index contributed by atoms with van der Waals surface area (Å²) < 4.78 is 5.64. The Balaban J connectivity index is 2.08. The number of likely N-dealkylation sites (N-methyl/N-ethyl adjacent to an activating group) is 1. The van der Waals surface area contributed by atoms with Gasteiger partial charge >= 0.3 is 5.97 Å². The van der Waals surface area contributed by atoms with Crippen LogP contribution < -0.4 is 0 Å². The van der Waals surface area contributed by atoms with Gasteiger partial charge in [-0.1, -0.05) is 12.2 Å². The summed E-state index contributed by atoms with van der Waals surface area (Å²) >= 11 is 0. The molecule has 3 aliphatic rings. The van der Waals surface area contributed by atoms with Crippen molar-refractivity contribution in [3.8, 4) is 0 Å². The zero-order valence-electron chi connectivity index (χ0n) is 8.21. The molecule has 0 aromatic rings. The van der Waals surface area contributed by atoms with Crippen LogP contribution in [-0.2, 0) is 14.3 Å². The van der Waals surface area contributed by atoms with Crippen molar-refractivity contribution in [2.45, 2.75) is 11.7 Å². The molecule has 0 radical (unpaired) electrons. The van der Waals surface area contributed by atoms with Gasteiger partial charge in [0.05, 0.1) is 18.6 Å². The van der Waals surface area contributed by atoms with E-state index in [4.69, 9.17) is 9.84 Å². The van der Waals surface area contributed by atoms with Crippen LogP contribution in [0.5, 0.6) is 0 Å². The Labute approximate surface area is 86.3 Å². The molecule has 4 atom stereocenters. The van der Waals surface area contributed by atoms with Crippen LogP contribution in [0.4, 0.5) is 0 Å². The lowest BCUT2D eigenvalue weighted by molar-refractivity contribution is -0.147. The SMILES string of the molecule is CN1C[C@@]23C=C[C@@H](O2)[C@@H](C(=O)O)[C@H]3C1=O. The van der Waals surface area contributed by atoms with Gasteiger partial charge in [0.25, 0.3) is 0 Å². The Morgan fingerprint density at radius 3 is 3.13 bits per heavy atom. The largest absolute Gasteiger partial charge is 0.481 e. The second kappa shape index (κ2) is 2.41. The molecule has 2 bridgehead atoms. The molecule has 1 N–H and O–H groups in total. The molecule has 80 valence electrons. The number of fused-ring (bicyclic) bond motifs is 1. The van der Waals surface area contributed by atoms with Crippen molar-refractivity contribution >= 4 is 11.9 Å². The van der Waals surface area contributed by atoms with Gasteiger partial charge in [0, 0.05) is 7.05 Å². The normalized spacial score (nSPS) is 46.3. The van der Waals surface area contributed by atoms with Crippen LogP contribution in [0.15, 0.2) is 12.2 Å². The fourth-order valence-corrected chi connectivity index (χ4v) is 2.97. The van der Waals surface area contributed by atoms with Gasteiger partial charge in [0.15, 0.2) is 0 Å². The van der Waals surface area contributed by atoms with Crippen LogP contribution in [0, 0.1) is 11.8 Å². The van der Waals surface area contributed by atoms with E-state index < -0.39 is 29.5 Å². The predicted molar refractivity (Wildman–Crippen MR) is 49.0 cm³/mol. The average molecular weight is 209 g/mol. The molecule has 5 nitrogen and oxygen atoms in total. The molecule has 1 spiro atoms. The fraction of sp³-hybridized carbons (Fsp3) is 0.600. The molecule has 0 aromatic carbocycles. The Hall–Kier alpha value is -1.36. The highest BCUT2D eigenvalue weighted by molar-refractivity contribution is 5.90. The smallest absolute Gasteiger partial charge is 0.310 e. The maximum atomic E-state index is 11.8. The maximum Gasteiger partial charge on any atom is 0.310 e. The van der Waals surface area contributed by atoms with Gasteiger partial charge in [-0.2, -0.15) is 0 Å². The number of carbonyl (C=O) groups is 2. The summed E-state index contributed by atoms with van der Waals surface area (Å²) in [6, 6.07) is 0. The molecule has 0 aromatic heterocycles. The highest BCUT2D eigenvalue weighted by Gasteiger charge is 2.66. The van der Waals surface area contributed by atoms with Crippen molar-refractivity contribution in [2.75, 3.05) is 13.6 Å². The van der Waals surface area contributed by atoms with Gasteiger partial charge in [-0.3, -0.25) is 9.59 Å². The van der Waals surface area contributed by atoms with Crippen LogP contribution in [0.3, 0.4) is 0 Å². The van der Waals surface area contributed by atoms with Crippen LogP contribution in [0.1, 0.15) is 0 Å². The number of carboxylic acids is 1. The topological polar surface area (TPSA) is 66.8 Å². The van der Waals surface area contributed by atoms with Gasteiger partial charge in [-0.15, -0.1) is 0 Å². The molecule has 5 heteroatoms. The zero-order valence-corrected chi connectivity index (χ0v) is 8.21. The number of ether oxygens (including phenoxy) is 1. The van der Waals surface area contributed by atoms with Crippen LogP contribution in [-0.4, -0.2) is 47.2 Å². The number of hydrogen-bond acceptors (Lipinski definition) is 3. The van der Waals surface area contributed by atoms with Gasteiger partial charge in [0.2, 0.25) is 5.91 Å². The van der Waals surface area contributed by atoms with E-state index in [0.717, 1.165) is 0 Å². The minimum Gasteiger partial charge on any atom is -0.481 e. The first-order chi connectivity index (χ1) is 7.05. The minimum absolute atomic E-state index is 0.116. The van der Waals surface area contributed by atoms with Crippen molar-refractivity contribution in [1.82, 2.24) is 4.90 Å². The molecular weight excluding hydrogens is 198 g/mol. The molecule has 3 heterocycles. The third-order valence-corrected chi connectivity index (χ3v) is 3.57. The second-order valence-corrected chi connectivity index (χ2v) is 4.43. The monoisotopic (exact) mass is 209 g/mol. The Morgan fingerprint density at radius 2 is 2.47 bits per heavy atom. The first-order valence-electron chi connectivity index (χ1n) is 4.90. The van der Waals surface area contributed by atoms with Crippen molar-refractivity contribution in [1.29, 1.82) is 0 Å². The molecule has 3 aliphatic heterocycles. The number of likely N-dealkylation sites (tertiary alicyclic amines) is 1. The van der Waals surface area contributed by atoms with E-state index >= 15 is 0 Å². The molecule has 0 unspecified atom stereocenters. The number of hydrogen-bond donors (Lipinski definition) is 1. The first kappa shape index (κ1) is 8.91. The highest BCUT2D eigenvalue weighted by Crippen LogP contribution is 2.51. The zero-order chi connectivity index (χ0) is 10.8. The third kappa shape index (κ3) is 0.866. The molecular formula is C10H11NO4. The van der Waals surface area contributed by atoms with Crippen LogP contribution in [0.2, 0.25) is 0 Å². The highest BCUT2D eigenvalue weighted by atomic mass is 16.5. The summed E-state index contributed by atoms with van der Waals surface area (Å²) in [5, 5.41) is 9.10. The van der Waals surface area contributed by atoms with Gasteiger partial charge < -0.3 is 14.7 Å². The van der Waals surface area contributed by atoms with Crippen LogP contribution in [0.25, 0.3) is 0 Å². The molecule has 0 aliphatic carbocycles. The van der Waals surface area contributed by atoms with Crippen molar-refractivity contribution in [2.24, 2.45) is 11.8 Å². The molecule has 0 saturated carbocycles. The van der Waals surface area contributed by atoms with Crippen molar-refractivity contribution < 1.29 is 19.4 Å². The lowest BCUT2D eigenvalue weighted by Crippen LogP contribution is -2.38. The summed E-state index contributed by atoms with van der Waals surface area (Å²) in [4.78, 5) is 24.5. The summed E-state index contributed by atoms with van der Waals surface area (Å²) in [5.74, 6) is -2.31. The number of rotatable bonds is 1. The van der Waals surface area contributed by atoms with E-state index in [-0.39, 0.29) is 5.91 Å². The van der Waals surface area contributed by atoms with Gasteiger partial charge in [-0.25, -0.2) is 0 Å². The van der Waals surface area contributed by atoms with E-state index in [0.29, 0.717) is 6.54 Å². The van der Waals surface area contributed by atoms with E-state index in [2.05, 4.69) is 0 Å². The summed E-state index contributed by atoms with van der Waals surface area (Å²) in [6.45, 7) is 0.466. The first-order valence-corrected chi connectivity index (χ1v) is 4.90. The Morgan fingerprint density at radius 1 is 1.73 bits per heavy atom. The molecule has 15 heavy (non-hydrogen) atoms. The van der Waals surface area contributed by atoms with Crippen LogP contribution >= 0.6 is 0 Å². The number of carbonyl (C=O) groups excluding carboxylic acids is 1. The standard InChI is InChI=1S/C10H11NO4/c1-11-4-10-3-2-5(15-10)6(9(13)14)7(10)8(11)12/h2-3,5-7H,4H2,1H3,(H,13,14)/t5-,6-,7+,10-/m1/s1. The predicted octanol–water partition coefficient (Wildman–Crippen LogP) is -0.517. The number of carboxylic acid groups (broad SMARTS) is 1. The molecule has 2 saturated heterocycles. The molecule has 1 amide bonds. The minimum atomic E-state index is -0.945.